The maximum Gasteiger partial charge on any atom is 0.243 e. The molecule has 3 aliphatic rings. The summed E-state index contributed by atoms with van der Waals surface area (Å²) in [6.45, 7) is 1.33. The Morgan fingerprint density at radius 2 is 1.68 bits per heavy atom. The van der Waals surface area contributed by atoms with Crippen LogP contribution in [-0.4, -0.2) is 50.3 Å². The van der Waals surface area contributed by atoms with E-state index in [1.807, 2.05) is 12.1 Å². The Bertz CT molecular complexity index is 1190. The number of ether oxygens (including phenoxy) is 2. The zero-order valence-corrected chi connectivity index (χ0v) is 19.5. The van der Waals surface area contributed by atoms with Crippen molar-refractivity contribution in [2.24, 2.45) is 5.92 Å². The van der Waals surface area contributed by atoms with Crippen molar-refractivity contribution < 1.29 is 27.5 Å². The Morgan fingerprint density at radius 3 is 2.41 bits per heavy atom. The lowest BCUT2D eigenvalue weighted by atomic mass is 10.2. The standard InChI is InChI=1S/C24H27N3O6S/c28-23(17-5-6-17)26-18-7-3-16(4-8-18)15-25-24(29)20-2-1-11-27(20)34(30,31)19-9-10-21-22(14-19)33-13-12-32-21/h3-4,7-10,14,17,20H,1-2,5-6,11-13,15H2,(H,25,29)(H,26,28). The van der Waals surface area contributed by atoms with Gasteiger partial charge in [-0.2, -0.15) is 4.31 Å². The van der Waals surface area contributed by atoms with E-state index < -0.39 is 16.1 Å². The number of nitrogens with zero attached hydrogens (tertiary/aromatic N) is 1. The second kappa shape index (κ2) is 9.27. The van der Waals surface area contributed by atoms with Gasteiger partial charge in [-0.1, -0.05) is 12.1 Å². The number of rotatable bonds is 7. The van der Waals surface area contributed by atoms with Gasteiger partial charge in [0.05, 0.1) is 4.90 Å². The number of anilines is 1. The van der Waals surface area contributed by atoms with E-state index in [0.29, 0.717) is 37.6 Å². The molecule has 2 amide bonds. The lowest BCUT2D eigenvalue weighted by Gasteiger charge is -2.24. The van der Waals surface area contributed by atoms with Crippen LogP contribution in [0.15, 0.2) is 47.4 Å². The van der Waals surface area contributed by atoms with Crippen LogP contribution in [0.25, 0.3) is 0 Å². The normalized spacial score (nSPS) is 20.1. The number of hydrogen-bond acceptors (Lipinski definition) is 6. The first-order chi connectivity index (χ1) is 16.4. The van der Waals surface area contributed by atoms with Crippen LogP contribution in [0.5, 0.6) is 11.5 Å². The minimum absolute atomic E-state index is 0.0432. The molecule has 2 fully saturated rings. The van der Waals surface area contributed by atoms with Crippen LogP contribution in [-0.2, 0) is 26.2 Å². The molecule has 0 bridgehead atoms. The van der Waals surface area contributed by atoms with Gasteiger partial charge in [0, 0.05) is 30.8 Å². The van der Waals surface area contributed by atoms with Crippen molar-refractivity contribution in [3.8, 4) is 11.5 Å². The number of carbonyl (C=O) groups excluding carboxylic acids is 2. The summed E-state index contributed by atoms with van der Waals surface area (Å²) in [5.74, 6) is 0.751. The van der Waals surface area contributed by atoms with Gasteiger partial charge in [0.2, 0.25) is 21.8 Å². The molecule has 0 spiro atoms. The molecule has 1 atom stereocenters. The van der Waals surface area contributed by atoms with Crippen LogP contribution in [0.1, 0.15) is 31.2 Å². The van der Waals surface area contributed by atoms with E-state index in [1.54, 1.807) is 18.2 Å². The summed E-state index contributed by atoms with van der Waals surface area (Å²) in [5, 5.41) is 5.74. The average Bonchev–Trinajstić information content (AvgIpc) is 3.59. The Labute approximate surface area is 198 Å². The van der Waals surface area contributed by atoms with E-state index in [-0.39, 0.29) is 35.7 Å². The first kappa shape index (κ1) is 22.7. The zero-order chi connectivity index (χ0) is 23.7. The summed E-state index contributed by atoms with van der Waals surface area (Å²) in [4.78, 5) is 24.9. The Morgan fingerprint density at radius 1 is 0.941 bits per heavy atom. The van der Waals surface area contributed by atoms with Crippen LogP contribution < -0.4 is 20.1 Å². The second-order valence-corrected chi connectivity index (χ2v) is 10.6. The first-order valence-electron chi connectivity index (χ1n) is 11.5. The summed E-state index contributed by atoms with van der Waals surface area (Å²) < 4.78 is 38.9. The van der Waals surface area contributed by atoms with Crippen LogP contribution in [0.4, 0.5) is 5.69 Å². The molecule has 10 heteroatoms. The maximum absolute atomic E-state index is 13.3. The van der Waals surface area contributed by atoms with Crippen molar-refractivity contribution in [1.29, 1.82) is 0 Å². The monoisotopic (exact) mass is 485 g/mol. The van der Waals surface area contributed by atoms with Gasteiger partial charge in [-0.15, -0.1) is 0 Å². The van der Waals surface area contributed by atoms with Crippen molar-refractivity contribution in [2.75, 3.05) is 25.1 Å². The molecule has 1 saturated heterocycles. The average molecular weight is 486 g/mol. The van der Waals surface area contributed by atoms with E-state index >= 15 is 0 Å². The fourth-order valence-corrected chi connectivity index (χ4v) is 5.88. The lowest BCUT2D eigenvalue weighted by molar-refractivity contribution is -0.124. The molecule has 1 saturated carbocycles. The molecule has 0 aromatic heterocycles. The fourth-order valence-electron chi connectivity index (χ4n) is 4.21. The third-order valence-corrected chi connectivity index (χ3v) is 8.17. The highest BCUT2D eigenvalue weighted by Gasteiger charge is 2.39. The number of nitrogens with one attached hydrogen (secondary N) is 2. The molecule has 2 aliphatic heterocycles. The van der Waals surface area contributed by atoms with Crippen molar-refractivity contribution in [2.45, 2.75) is 43.2 Å². The van der Waals surface area contributed by atoms with Gasteiger partial charge in [0.1, 0.15) is 19.3 Å². The maximum atomic E-state index is 13.3. The van der Waals surface area contributed by atoms with Crippen molar-refractivity contribution in [3.63, 3.8) is 0 Å². The predicted molar refractivity (Wildman–Crippen MR) is 124 cm³/mol. The van der Waals surface area contributed by atoms with E-state index in [4.69, 9.17) is 9.47 Å². The zero-order valence-electron chi connectivity index (χ0n) is 18.7. The van der Waals surface area contributed by atoms with Crippen LogP contribution >= 0.6 is 0 Å². The third-order valence-electron chi connectivity index (χ3n) is 6.26. The molecule has 180 valence electrons. The molecule has 1 unspecified atom stereocenters. The minimum atomic E-state index is -3.87. The van der Waals surface area contributed by atoms with Crippen LogP contribution in [0, 0.1) is 5.92 Å². The number of carbonyl (C=O) groups is 2. The second-order valence-electron chi connectivity index (χ2n) is 8.76. The summed E-state index contributed by atoms with van der Waals surface area (Å²) in [6, 6.07) is 11.0. The van der Waals surface area contributed by atoms with Crippen molar-refractivity contribution in [3.05, 3.63) is 48.0 Å². The van der Waals surface area contributed by atoms with Gasteiger partial charge in [-0.05, 0) is 55.5 Å². The molecule has 2 aromatic carbocycles. The van der Waals surface area contributed by atoms with Gasteiger partial charge < -0.3 is 20.1 Å². The summed E-state index contributed by atoms with van der Waals surface area (Å²) >= 11 is 0. The predicted octanol–water partition coefficient (Wildman–Crippen LogP) is 2.28. The summed E-state index contributed by atoms with van der Waals surface area (Å²) in [5.41, 5.74) is 1.58. The molecule has 2 heterocycles. The Balaban J connectivity index is 1.22. The number of sulfonamides is 1. The number of hydrogen-bond donors (Lipinski definition) is 2. The van der Waals surface area contributed by atoms with E-state index in [1.165, 1.54) is 16.4 Å². The van der Waals surface area contributed by atoms with Gasteiger partial charge >= 0.3 is 0 Å². The van der Waals surface area contributed by atoms with Gasteiger partial charge in [0.15, 0.2) is 11.5 Å². The van der Waals surface area contributed by atoms with Crippen LogP contribution in [0.2, 0.25) is 0 Å². The molecular formula is C24H27N3O6S. The highest BCUT2D eigenvalue weighted by molar-refractivity contribution is 7.89. The van der Waals surface area contributed by atoms with Gasteiger partial charge in [-0.25, -0.2) is 8.42 Å². The highest BCUT2D eigenvalue weighted by Crippen LogP contribution is 2.35. The molecule has 9 nitrogen and oxygen atoms in total. The first-order valence-corrected chi connectivity index (χ1v) is 12.9. The van der Waals surface area contributed by atoms with E-state index in [9.17, 15) is 18.0 Å². The van der Waals surface area contributed by atoms with Gasteiger partial charge in [0.25, 0.3) is 0 Å². The molecule has 2 aromatic rings. The smallest absolute Gasteiger partial charge is 0.243 e. The summed E-state index contributed by atoms with van der Waals surface area (Å²) in [7, 11) is -3.87. The molecular weight excluding hydrogens is 458 g/mol. The SMILES string of the molecule is O=C(Nc1ccc(CNC(=O)C2CCCN2S(=O)(=O)c2ccc3c(c2)OCCO3)cc1)C1CC1. The highest BCUT2D eigenvalue weighted by atomic mass is 32.2. The molecule has 34 heavy (non-hydrogen) atoms. The summed E-state index contributed by atoms with van der Waals surface area (Å²) in [6.07, 6.45) is 2.95. The Kier molecular flexibility index (Phi) is 6.18. The van der Waals surface area contributed by atoms with Gasteiger partial charge in [-0.3, -0.25) is 9.59 Å². The lowest BCUT2D eigenvalue weighted by Crippen LogP contribution is -2.45. The Hall–Kier alpha value is -3.11. The third kappa shape index (κ3) is 4.74. The minimum Gasteiger partial charge on any atom is -0.486 e. The van der Waals surface area contributed by atoms with Crippen molar-refractivity contribution in [1.82, 2.24) is 9.62 Å². The van der Waals surface area contributed by atoms with E-state index in [2.05, 4.69) is 10.6 Å². The topological polar surface area (TPSA) is 114 Å². The number of benzene rings is 2. The molecule has 1 aliphatic carbocycles. The number of fused-ring (bicyclic) bond motifs is 1. The van der Waals surface area contributed by atoms with Crippen molar-refractivity contribution >= 4 is 27.5 Å². The molecule has 0 radical (unpaired) electrons. The molecule has 2 N–H and O–H groups in total. The molecule has 5 rings (SSSR count). The quantitative estimate of drug-likeness (QED) is 0.622. The van der Waals surface area contributed by atoms with E-state index in [0.717, 1.165) is 24.1 Å². The number of amides is 2. The van der Waals surface area contributed by atoms with Crippen LogP contribution in [0.3, 0.4) is 0 Å². The fraction of sp³-hybridized carbons (Fsp3) is 0.417. The largest absolute Gasteiger partial charge is 0.486 e.